The molecule has 0 aliphatic carbocycles. The molecule has 0 aliphatic rings. The Labute approximate surface area is 142 Å². The van der Waals surface area contributed by atoms with Gasteiger partial charge >= 0.3 is 0 Å². The van der Waals surface area contributed by atoms with Crippen LogP contribution in [-0.4, -0.2) is 22.7 Å². The van der Waals surface area contributed by atoms with E-state index in [2.05, 4.69) is 5.32 Å². The molecule has 124 valence electrons. The topological polar surface area (TPSA) is 112 Å². The fraction of sp³-hybridized carbons (Fsp3) is 0.125. The van der Waals surface area contributed by atoms with Gasteiger partial charge in [-0.2, -0.15) is 0 Å². The molecule has 0 aromatic heterocycles. The average molecular weight is 348 g/mol. The van der Waals surface area contributed by atoms with E-state index >= 15 is 0 Å². The van der Waals surface area contributed by atoms with Crippen molar-refractivity contribution in [2.45, 2.75) is 12.5 Å². The summed E-state index contributed by atoms with van der Waals surface area (Å²) >= 11 is 5.74. The van der Waals surface area contributed by atoms with Crippen molar-refractivity contribution in [3.8, 4) is 0 Å². The van der Waals surface area contributed by atoms with E-state index in [1.54, 1.807) is 0 Å². The Morgan fingerprint density at radius 1 is 1.17 bits per heavy atom. The monoisotopic (exact) mass is 347 g/mol. The first-order valence-electron chi connectivity index (χ1n) is 6.87. The van der Waals surface area contributed by atoms with E-state index in [-0.39, 0.29) is 17.8 Å². The highest BCUT2D eigenvalue weighted by molar-refractivity contribution is 6.30. The lowest BCUT2D eigenvalue weighted by Crippen LogP contribution is -2.42. The van der Waals surface area contributed by atoms with Crippen LogP contribution in [0.25, 0.3) is 0 Å². The van der Waals surface area contributed by atoms with Crippen LogP contribution in [0.5, 0.6) is 0 Å². The third-order valence-electron chi connectivity index (χ3n) is 3.24. The number of ketones is 1. The lowest BCUT2D eigenvalue weighted by atomic mass is 10.0. The number of nitro groups is 1. The van der Waals surface area contributed by atoms with Crippen molar-refractivity contribution in [2.75, 3.05) is 5.32 Å². The highest BCUT2D eigenvalue weighted by atomic mass is 35.5. The first-order chi connectivity index (χ1) is 11.4. The van der Waals surface area contributed by atoms with Crippen LogP contribution in [0.15, 0.2) is 48.5 Å². The summed E-state index contributed by atoms with van der Waals surface area (Å²) in [6.07, 6.45) is -0.368. The normalized spacial score (nSPS) is 11.5. The van der Waals surface area contributed by atoms with Crippen LogP contribution in [0.4, 0.5) is 11.4 Å². The molecular formula is C16H12ClN2O5-. The number of carboxylic acid groups (broad SMARTS) is 1. The van der Waals surface area contributed by atoms with Crippen LogP contribution in [0.2, 0.25) is 5.02 Å². The lowest BCUT2D eigenvalue weighted by Gasteiger charge is -2.20. The molecule has 0 unspecified atom stereocenters. The Kier molecular flexibility index (Phi) is 5.49. The molecule has 0 saturated carbocycles. The molecule has 2 aromatic rings. The maximum atomic E-state index is 12.2. The quantitative estimate of drug-likeness (QED) is 0.466. The van der Waals surface area contributed by atoms with Gasteiger partial charge in [0.25, 0.3) is 5.69 Å². The van der Waals surface area contributed by atoms with Crippen molar-refractivity contribution in [1.29, 1.82) is 0 Å². The van der Waals surface area contributed by atoms with Crippen LogP contribution in [-0.2, 0) is 4.79 Å². The van der Waals surface area contributed by atoms with E-state index in [0.717, 1.165) is 0 Å². The third kappa shape index (κ3) is 4.53. The van der Waals surface area contributed by atoms with Gasteiger partial charge in [0.05, 0.1) is 16.9 Å². The third-order valence-corrected chi connectivity index (χ3v) is 3.49. The number of anilines is 1. The summed E-state index contributed by atoms with van der Waals surface area (Å²) in [6.45, 7) is 0. The van der Waals surface area contributed by atoms with Crippen LogP contribution in [0, 0.1) is 10.1 Å². The van der Waals surface area contributed by atoms with Gasteiger partial charge in [0.1, 0.15) is 0 Å². The Hall–Kier alpha value is -2.93. The second kappa shape index (κ2) is 7.56. The van der Waals surface area contributed by atoms with Gasteiger partial charge in [-0.3, -0.25) is 14.9 Å². The number of nitro benzene ring substituents is 1. The molecule has 8 heteroatoms. The first kappa shape index (κ1) is 17.4. The Bertz CT molecular complexity index is 776. The summed E-state index contributed by atoms with van der Waals surface area (Å²) in [4.78, 5) is 33.6. The highest BCUT2D eigenvalue weighted by Crippen LogP contribution is 2.19. The molecule has 1 N–H and O–H groups in total. The van der Waals surface area contributed by atoms with Crippen molar-refractivity contribution in [3.63, 3.8) is 0 Å². The zero-order valence-electron chi connectivity index (χ0n) is 12.3. The fourth-order valence-electron chi connectivity index (χ4n) is 2.04. The van der Waals surface area contributed by atoms with E-state index < -0.39 is 22.7 Å². The van der Waals surface area contributed by atoms with Gasteiger partial charge in [-0.1, -0.05) is 17.7 Å². The summed E-state index contributed by atoms with van der Waals surface area (Å²) in [5, 5.41) is 25.0. The maximum Gasteiger partial charge on any atom is 0.271 e. The molecule has 0 spiro atoms. The van der Waals surface area contributed by atoms with Gasteiger partial charge in [-0.15, -0.1) is 0 Å². The number of non-ortho nitro benzene ring substituents is 1. The van der Waals surface area contributed by atoms with Crippen LogP contribution >= 0.6 is 11.6 Å². The molecule has 0 bridgehead atoms. The van der Waals surface area contributed by atoms with Crippen molar-refractivity contribution in [3.05, 3.63) is 69.2 Å². The first-order valence-corrected chi connectivity index (χ1v) is 7.25. The fourth-order valence-corrected chi connectivity index (χ4v) is 2.17. The lowest BCUT2D eigenvalue weighted by molar-refractivity contribution is -0.384. The molecule has 24 heavy (non-hydrogen) atoms. The van der Waals surface area contributed by atoms with E-state index in [1.807, 2.05) is 0 Å². The number of aliphatic carboxylic acids is 1. The van der Waals surface area contributed by atoms with Gasteiger partial charge in [0.15, 0.2) is 5.78 Å². The molecular weight excluding hydrogens is 336 g/mol. The molecule has 0 heterocycles. The zero-order valence-corrected chi connectivity index (χ0v) is 13.0. The van der Waals surface area contributed by atoms with Crippen molar-refractivity contribution >= 4 is 34.7 Å². The van der Waals surface area contributed by atoms with Crippen molar-refractivity contribution in [1.82, 2.24) is 0 Å². The average Bonchev–Trinajstić information content (AvgIpc) is 2.55. The number of Topliss-reactive ketones (excluding diaryl/α,β-unsaturated/α-hetero) is 1. The highest BCUT2D eigenvalue weighted by Gasteiger charge is 2.17. The molecule has 0 radical (unpaired) electrons. The number of halogens is 1. The number of carboxylic acids is 1. The van der Waals surface area contributed by atoms with Gasteiger partial charge in [0, 0.05) is 34.8 Å². The Balaban J connectivity index is 2.13. The molecule has 7 nitrogen and oxygen atoms in total. The molecule has 0 fully saturated rings. The number of nitrogens with one attached hydrogen (secondary N) is 1. The zero-order chi connectivity index (χ0) is 17.7. The minimum atomic E-state index is -1.48. The van der Waals surface area contributed by atoms with E-state index in [1.165, 1.54) is 48.5 Å². The maximum absolute atomic E-state index is 12.2. The van der Waals surface area contributed by atoms with E-state index in [9.17, 15) is 24.8 Å². The standard InChI is InChI=1S/C16H13ClN2O5/c17-11-6-4-10(5-7-11)15(20)9-14(16(21)22)18-12-2-1-3-13(8-12)19(23)24/h1-8,14,18H,9H2,(H,21,22)/p-1/t14-/m0/s1. The minimum Gasteiger partial charge on any atom is -0.548 e. The van der Waals surface area contributed by atoms with Gasteiger partial charge in [-0.25, -0.2) is 0 Å². The number of hydrogen-bond acceptors (Lipinski definition) is 6. The SMILES string of the molecule is O=C(C[C@H](Nc1cccc([N+](=O)[O-])c1)C(=O)[O-])c1ccc(Cl)cc1. The summed E-state index contributed by atoms with van der Waals surface area (Å²) in [5.74, 6) is -1.90. The van der Waals surface area contributed by atoms with Crippen molar-refractivity contribution < 1.29 is 19.6 Å². The van der Waals surface area contributed by atoms with Crippen LogP contribution in [0.1, 0.15) is 16.8 Å². The number of carbonyl (C=O) groups is 2. The predicted molar refractivity (Wildman–Crippen MR) is 85.9 cm³/mol. The molecule has 0 saturated heterocycles. The van der Waals surface area contributed by atoms with Gasteiger partial charge < -0.3 is 15.2 Å². The second-order valence-electron chi connectivity index (χ2n) is 4.96. The molecule has 0 amide bonds. The number of hydrogen-bond donors (Lipinski definition) is 1. The Morgan fingerprint density at radius 2 is 1.83 bits per heavy atom. The molecule has 2 aromatic carbocycles. The Morgan fingerprint density at radius 3 is 2.42 bits per heavy atom. The van der Waals surface area contributed by atoms with Crippen molar-refractivity contribution in [2.24, 2.45) is 0 Å². The number of rotatable bonds is 7. The number of carbonyl (C=O) groups excluding carboxylic acids is 2. The molecule has 0 aliphatic heterocycles. The molecule has 2 rings (SSSR count). The minimum absolute atomic E-state index is 0.193. The smallest absolute Gasteiger partial charge is 0.271 e. The number of benzene rings is 2. The van der Waals surface area contributed by atoms with Gasteiger partial charge in [0.2, 0.25) is 0 Å². The summed E-state index contributed by atoms with van der Waals surface area (Å²) in [7, 11) is 0. The van der Waals surface area contributed by atoms with Gasteiger partial charge in [-0.05, 0) is 30.3 Å². The largest absolute Gasteiger partial charge is 0.548 e. The summed E-state index contributed by atoms with van der Waals surface area (Å²) < 4.78 is 0. The number of nitrogens with zero attached hydrogens (tertiary/aromatic N) is 1. The van der Waals surface area contributed by atoms with Crippen LogP contribution < -0.4 is 10.4 Å². The molecule has 1 atom stereocenters. The second-order valence-corrected chi connectivity index (χ2v) is 5.39. The summed E-state index contributed by atoms with van der Waals surface area (Å²) in [6, 6.07) is 10.0. The van der Waals surface area contributed by atoms with E-state index in [0.29, 0.717) is 10.6 Å². The predicted octanol–water partition coefficient (Wildman–Crippen LogP) is 2.05. The van der Waals surface area contributed by atoms with Crippen LogP contribution in [0.3, 0.4) is 0 Å². The van der Waals surface area contributed by atoms with E-state index in [4.69, 9.17) is 11.6 Å². The summed E-state index contributed by atoms with van der Waals surface area (Å²) in [5.41, 5.74) is 0.329.